The van der Waals surface area contributed by atoms with Gasteiger partial charge in [0.15, 0.2) is 0 Å². The van der Waals surface area contributed by atoms with Crippen LogP contribution in [0.25, 0.3) is 0 Å². The molecule has 0 saturated heterocycles. The van der Waals surface area contributed by atoms with Gasteiger partial charge in [-0.15, -0.1) is 0 Å². The fraction of sp³-hybridized carbons (Fsp3) is 0.0833. The van der Waals surface area contributed by atoms with Crippen molar-refractivity contribution in [1.82, 2.24) is 4.98 Å². The van der Waals surface area contributed by atoms with Crippen LogP contribution in [0.2, 0.25) is 0 Å². The van der Waals surface area contributed by atoms with E-state index in [1.165, 1.54) is 6.20 Å². The number of nitrogens with one attached hydrogen (secondary N) is 1. The van der Waals surface area contributed by atoms with Crippen LogP contribution in [0.15, 0.2) is 47.2 Å². The first-order valence-electron chi connectivity index (χ1n) is 5.41. The molecule has 0 unspecified atom stereocenters. The molecule has 0 bridgehead atoms. The fourth-order valence-electron chi connectivity index (χ4n) is 1.49. The molecule has 0 aliphatic carbocycles. The van der Waals surface area contributed by atoms with E-state index in [0.29, 0.717) is 21.5 Å². The molecular weight excluding hydrogens is 330 g/mol. The molecule has 0 fully saturated rings. The van der Waals surface area contributed by atoms with Crippen LogP contribution >= 0.6 is 15.9 Å². The Labute approximate surface area is 120 Å². The number of rotatable bonds is 4. The Morgan fingerprint density at radius 3 is 2.42 bits per heavy atom. The average molecular weight is 342 g/mol. The van der Waals surface area contributed by atoms with Crippen molar-refractivity contribution in [2.75, 3.05) is 10.5 Å². The molecule has 2 aromatic rings. The lowest BCUT2D eigenvalue weighted by Gasteiger charge is -2.08. The van der Waals surface area contributed by atoms with Gasteiger partial charge in [0.25, 0.3) is 0 Å². The Balaban J connectivity index is 2.10. The Kier molecular flexibility index (Phi) is 4.06. The van der Waals surface area contributed by atoms with Gasteiger partial charge in [-0.05, 0) is 45.8 Å². The second-order valence-corrected chi connectivity index (χ2v) is 6.51. The van der Waals surface area contributed by atoms with Crippen molar-refractivity contribution in [1.29, 1.82) is 0 Å². The van der Waals surface area contributed by atoms with E-state index in [-0.39, 0.29) is 5.75 Å². The maximum absolute atomic E-state index is 12.0. The van der Waals surface area contributed by atoms with Gasteiger partial charge in [0.2, 0.25) is 10.0 Å². The number of halogens is 1. The first-order chi connectivity index (χ1) is 8.94. The summed E-state index contributed by atoms with van der Waals surface area (Å²) in [6, 6.07) is 10.0. The first kappa shape index (κ1) is 13.8. The standard InChI is InChI=1S/C12H12BrN3O2S/c13-12-6-5-11(7-15-12)16-19(17,18)8-9-1-3-10(14)4-2-9/h1-7,16H,8,14H2. The number of nitrogen functional groups attached to an aromatic ring is 1. The summed E-state index contributed by atoms with van der Waals surface area (Å²) in [6.07, 6.45) is 1.45. The Bertz CT molecular complexity index is 601. The van der Waals surface area contributed by atoms with E-state index >= 15 is 0 Å². The van der Waals surface area contributed by atoms with Crippen LogP contribution in [0, 0.1) is 0 Å². The normalized spacial score (nSPS) is 11.2. The fourth-order valence-corrected chi connectivity index (χ4v) is 2.90. The largest absolute Gasteiger partial charge is 0.399 e. The minimum atomic E-state index is -3.46. The van der Waals surface area contributed by atoms with Crippen molar-refractivity contribution >= 4 is 37.3 Å². The third-order valence-corrected chi connectivity index (χ3v) is 4.07. The van der Waals surface area contributed by atoms with Gasteiger partial charge in [-0.3, -0.25) is 4.72 Å². The molecular formula is C12H12BrN3O2S. The smallest absolute Gasteiger partial charge is 0.236 e. The number of nitrogens with two attached hydrogens (primary N) is 1. The van der Waals surface area contributed by atoms with Crippen LogP contribution in [-0.2, 0) is 15.8 Å². The summed E-state index contributed by atoms with van der Waals surface area (Å²) in [4.78, 5) is 3.96. The molecule has 0 amide bonds. The van der Waals surface area contributed by atoms with E-state index in [4.69, 9.17) is 5.73 Å². The maximum atomic E-state index is 12.0. The monoisotopic (exact) mass is 341 g/mol. The molecule has 0 saturated carbocycles. The summed E-state index contributed by atoms with van der Waals surface area (Å²) in [6.45, 7) is 0. The van der Waals surface area contributed by atoms with Crippen LogP contribution in [0.1, 0.15) is 5.56 Å². The summed E-state index contributed by atoms with van der Waals surface area (Å²) in [5.74, 6) is -0.108. The molecule has 0 spiro atoms. The van der Waals surface area contributed by atoms with Gasteiger partial charge in [0.05, 0.1) is 17.6 Å². The SMILES string of the molecule is Nc1ccc(CS(=O)(=O)Nc2ccc(Br)nc2)cc1. The van der Waals surface area contributed by atoms with Crippen molar-refractivity contribution in [2.45, 2.75) is 5.75 Å². The Morgan fingerprint density at radius 1 is 1.16 bits per heavy atom. The van der Waals surface area contributed by atoms with Gasteiger partial charge in [0, 0.05) is 5.69 Å². The van der Waals surface area contributed by atoms with E-state index < -0.39 is 10.0 Å². The number of anilines is 2. The highest BCUT2D eigenvalue weighted by Gasteiger charge is 2.11. The number of nitrogens with zero attached hydrogens (tertiary/aromatic N) is 1. The summed E-state index contributed by atoms with van der Waals surface area (Å²) in [5, 5.41) is 0. The zero-order chi connectivity index (χ0) is 13.9. The molecule has 3 N–H and O–H groups in total. The third-order valence-electron chi connectivity index (χ3n) is 2.34. The van der Waals surface area contributed by atoms with E-state index in [1.54, 1.807) is 36.4 Å². The predicted molar refractivity (Wildman–Crippen MR) is 79.0 cm³/mol. The van der Waals surface area contributed by atoms with Crippen LogP contribution in [-0.4, -0.2) is 13.4 Å². The second-order valence-electron chi connectivity index (χ2n) is 3.97. The number of sulfonamides is 1. The predicted octanol–water partition coefficient (Wildman–Crippen LogP) is 2.37. The zero-order valence-corrected chi connectivity index (χ0v) is 12.3. The van der Waals surface area contributed by atoms with Crippen LogP contribution < -0.4 is 10.5 Å². The van der Waals surface area contributed by atoms with Crippen molar-refractivity contribution in [3.63, 3.8) is 0 Å². The summed E-state index contributed by atoms with van der Waals surface area (Å²) >= 11 is 3.19. The molecule has 2 rings (SSSR count). The molecule has 1 aromatic heterocycles. The molecule has 1 heterocycles. The van der Waals surface area contributed by atoms with Crippen LogP contribution in [0.4, 0.5) is 11.4 Å². The molecule has 0 aliphatic heterocycles. The van der Waals surface area contributed by atoms with E-state index in [9.17, 15) is 8.42 Å². The molecule has 19 heavy (non-hydrogen) atoms. The molecule has 0 atom stereocenters. The third kappa shape index (κ3) is 4.22. The zero-order valence-electron chi connectivity index (χ0n) is 9.88. The average Bonchev–Trinajstić information content (AvgIpc) is 2.34. The summed E-state index contributed by atoms with van der Waals surface area (Å²) in [7, 11) is -3.46. The Morgan fingerprint density at radius 2 is 1.84 bits per heavy atom. The number of benzene rings is 1. The lowest BCUT2D eigenvalue weighted by molar-refractivity contribution is 0.600. The molecule has 100 valence electrons. The lowest BCUT2D eigenvalue weighted by Crippen LogP contribution is -2.15. The van der Waals surface area contributed by atoms with E-state index in [2.05, 4.69) is 25.6 Å². The van der Waals surface area contributed by atoms with Crippen molar-refractivity contribution in [2.24, 2.45) is 0 Å². The van der Waals surface area contributed by atoms with Gasteiger partial charge in [-0.1, -0.05) is 12.1 Å². The van der Waals surface area contributed by atoms with Crippen LogP contribution in [0.3, 0.4) is 0 Å². The highest BCUT2D eigenvalue weighted by Crippen LogP contribution is 2.15. The van der Waals surface area contributed by atoms with E-state index in [0.717, 1.165) is 0 Å². The number of aromatic nitrogens is 1. The van der Waals surface area contributed by atoms with E-state index in [1.807, 2.05) is 0 Å². The number of pyridine rings is 1. The van der Waals surface area contributed by atoms with Crippen molar-refractivity contribution in [3.05, 3.63) is 52.8 Å². The van der Waals surface area contributed by atoms with Gasteiger partial charge in [-0.25, -0.2) is 13.4 Å². The molecule has 1 aromatic carbocycles. The topological polar surface area (TPSA) is 85.1 Å². The van der Waals surface area contributed by atoms with Crippen molar-refractivity contribution in [3.8, 4) is 0 Å². The van der Waals surface area contributed by atoms with Gasteiger partial charge in [0.1, 0.15) is 4.60 Å². The van der Waals surface area contributed by atoms with Crippen LogP contribution in [0.5, 0.6) is 0 Å². The molecule has 0 radical (unpaired) electrons. The number of hydrogen-bond donors (Lipinski definition) is 2. The lowest BCUT2D eigenvalue weighted by atomic mass is 10.2. The second kappa shape index (κ2) is 5.58. The highest BCUT2D eigenvalue weighted by atomic mass is 79.9. The van der Waals surface area contributed by atoms with Crippen molar-refractivity contribution < 1.29 is 8.42 Å². The summed E-state index contributed by atoms with van der Waals surface area (Å²) < 4.78 is 27.0. The van der Waals surface area contributed by atoms with Gasteiger partial charge in [-0.2, -0.15) is 0 Å². The maximum Gasteiger partial charge on any atom is 0.236 e. The minimum Gasteiger partial charge on any atom is -0.399 e. The molecule has 0 aliphatic rings. The molecule has 5 nitrogen and oxygen atoms in total. The Hall–Kier alpha value is -1.60. The molecule has 7 heteroatoms. The first-order valence-corrected chi connectivity index (χ1v) is 7.86. The minimum absolute atomic E-state index is 0.108. The quantitative estimate of drug-likeness (QED) is 0.660. The number of hydrogen-bond acceptors (Lipinski definition) is 4. The van der Waals surface area contributed by atoms with Gasteiger partial charge < -0.3 is 5.73 Å². The van der Waals surface area contributed by atoms with Gasteiger partial charge >= 0.3 is 0 Å². The summed E-state index contributed by atoms with van der Waals surface area (Å²) in [5.41, 5.74) is 7.26. The highest BCUT2D eigenvalue weighted by molar-refractivity contribution is 9.10.